The lowest BCUT2D eigenvalue weighted by Gasteiger charge is -2.18. The summed E-state index contributed by atoms with van der Waals surface area (Å²) >= 11 is 0. The molecule has 0 unspecified atom stereocenters. The van der Waals surface area contributed by atoms with Gasteiger partial charge in [0.15, 0.2) is 0 Å². The number of rotatable bonds is 4. The van der Waals surface area contributed by atoms with Crippen molar-refractivity contribution in [2.24, 2.45) is 0 Å². The second-order valence-corrected chi connectivity index (χ2v) is 7.41. The molecule has 0 spiro atoms. The first-order valence-electron chi connectivity index (χ1n) is 9.76. The van der Waals surface area contributed by atoms with Crippen LogP contribution in [0.25, 0.3) is 21.8 Å². The molecule has 0 aliphatic carbocycles. The second kappa shape index (κ2) is 7.40. The summed E-state index contributed by atoms with van der Waals surface area (Å²) in [6.45, 7) is 0. The first-order chi connectivity index (χ1) is 15.0. The minimum absolute atomic E-state index is 0.231. The summed E-state index contributed by atoms with van der Waals surface area (Å²) in [6, 6.07) is 16.5. The van der Waals surface area contributed by atoms with Crippen molar-refractivity contribution in [3.05, 3.63) is 107 Å². The van der Waals surface area contributed by atoms with E-state index < -0.39 is 5.97 Å². The standard InChI is InChI=1S/C25H18F2N2O2/c1-31-25(30)15-4-2-14(3-5-15)24(20-12-28-22-10-16(26)6-8-18(20)22)21-13-29-23-11-17(27)7-9-19(21)23/h2-13,24,28-29H,1H3. The number of ether oxygens (including phenoxy) is 1. The molecule has 0 aliphatic heterocycles. The van der Waals surface area contributed by atoms with Crippen molar-refractivity contribution in [3.8, 4) is 0 Å². The van der Waals surface area contributed by atoms with Crippen LogP contribution in [0.4, 0.5) is 8.78 Å². The molecule has 2 aromatic heterocycles. The van der Waals surface area contributed by atoms with Gasteiger partial charge in [-0.1, -0.05) is 12.1 Å². The number of aromatic nitrogens is 2. The van der Waals surface area contributed by atoms with E-state index in [4.69, 9.17) is 4.74 Å². The fourth-order valence-corrected chi connectivity index (χ4v) is 4.18. The van der Waals surface area contributed by atoms with E-state index >= 15 is 0 Å². The van der Waals surface area contributed by atoms with Crippen LogP contribution in [0.3, 0.4) is 0 Å². The monoisotopic (exact) mass is 416 g/mol. The number of benzene rings is 3. The average Bonchev–Trinajstić information content (AvgIpc) is 3.38. The maximum Gasteiger partial charge on any atom is 0.337 e. The van der Waals surface area contributed by atoms with Crippen LogP contribution >= 0.6 is 0 Å². The van der Waals surface area contributed by atoms with Crippen molar-refractivity contribution in [3.63, 3.8) is 0 Å². The van der Waals surface area contributed by atoms with Crippen molar-refractivity contribution >= 4 is 27.8 Å². The molecule has 154 valence electrons. The molecule has 6 heteroatoms. The first kappa shape index (κ1) is 19.1. The summed E-state index contributed by atoms with van der Waals surface area (Å²) in [6.07, 6.45) is 3.73. The highest BCUT2D eigenvalue weighted by atomic mass is 19.1. The number of carbonyl (C=O) groups is 1. The normalized spacial score (nSPS) is 11.5. The average molecular weight is 416 g/mol. The zero-order valence-corrected chi connectivity index (χ0v) is 16.6. The van der Waals surface area contributed by atoms with Gasteiger partial charge in [-0.05, 0) is 65.2 Å². The molecule has 0 bridgehead atoms. The lowest BCUT2D eigenvalue weighted by atomic mass is 9.84. The molecule has 0 saturated carbocycles. The molecule has 0 aliphatic rings. The predicted molar refractivity (Wildman–Crippen MR) is 115 cm³/mol. The molecule has 0 fully saturated rings. The van der Waals surface area contributed by atoms with E-state index in [1.165, 1.54) is 31.4 Å². The Labute approximate surface area is 176 Å². The summed E-state index contributed by atoms with van der Waals surface area (Å²) in [5.74, 6) is -1.27. The Bertz CT molecular complexity index is 1340. The van der Waals surface area contributed by atoms with Gasteiger partial charge in [0.05, 0.1) is 12.7 Å². The Hall–Kier alpha value is -3.93. The number of H-pyrrole nitrogens is 2. The summed E-state index contributed by atoms with van der Waals surface area (Å²) in [4.78, 5) is 18.2. The highest BCUT2D eigenvalue weighted by molar-refractivity contribution is 5.91. The van der Waals surface area contributed by atoms with Gasteiger partial charge < -0.3 is 14.7 Å². The minimum Gasteiger partial charge on any atom is -0.465 e. The van der Waals surface area contributed by atoms with Crippen molar-refractivity contribution in [2.45, 2.75) is 5.92 Å². The molecule has 0 radical (unpaired) electrons. The number of carbonyl (C=O) groups excluding carboxylic acids is 1. The third-order valence-corrected chi connectivity index (χ3v) is 5.64. The Morgan fingerprint density at radius 3 is 1.81 bits per heavy atom. The molecule has 5 rings (SSSR count). The van der Waals surface area contributed by atoms with Gasteiger partial charge in [0.1, 0.15) is 11.6 Å². The zero-order chi connectivity index (χ0) is 21.5. The van der Waals surface area contributed by atoms with Gasteiger partial charge in [-0.3, -0.25) is 0 Å². The summed E-state index contributed by atoms with van der Waals surface area (Å²) < 4.78 is 32.3. The second-order valence-electron chi connectivity index (χ2n) is 7.41. The molecule has 2 heterocycles. The van der Waals surface area contributed by atoms with Crippen LogP contribution in [0.1, 0.15) is 33.0 Å². The van der Waals surface area contributed by atoms with Crippen molar-refractivity contribution < 1.29 is 18.3 Å². The van der Waals surface area contributed by atoms with Gasteiger partial charge >= 0.3 is 5.97 Å². The van der Waals surface area contributed by atoms with Gasteiger partial charge in [-0.25, -0.2) is 13.6 Å². The van der Waals surface area contributed by atoms with Crippen LogP contribution < -0.4 is 0 Å². The van der Waals surface area contributed by atoms with E-state index in [9.17, 15) is 13.6 Å². The summed E-state index contributed by atoms with van der Waals surface area (Å²) in [5, 5.41) is 1.78. The lowest BCUT2D eigenvalue weighted by Crippen LogP contribution is -2.05. The quantitative estimate of drug-likeness (QED) is 0.359. The smallest absolute Gasteiger partial charge is 0.337 e. The van der Waals surface area contributed by atoms with Crippen LogP contribution in [-0.2, 0) is 4.74 Å². The number of nitrogens with one attached hydrogen (secondary N) is 2. The van der Waals surface area contributed by atoms with Crippen molar-refractivity contribution in [2.75, 3.05) is 7.11 Å². The van der Waals surface area contributed by atoms with E-state index in [2.05, 4.69) is 9.97 Å². The van der Waals surface area contributed by atoms with Crippen LogP contribution in [0.2, 0.25) is 0 Å². The molecular weight excluding hydrogens is 398 g/mol. The zero-order valence-electron chi connectivity index (χ0n) is 16.6. The van der Waals surface area contributed by atoms with Gasteiger partial charge in [-0.2, -0.15) is 0 Å². The number of hydrogen-bond donors (Lipinski definition) is 2. The number of halogens is 2. The maximum atomic E-state index is 13.7. The molecule has 0 atom stereocenters. The number of aromatic amines is 2. The lowest BCUT2D eigenvalue weighted by molar-refractivity contribution is 0.0600. The summed E-state index contributed by atoms with van der Waals surface area (Å²) in [5.41, 5.74) is 4.67. The molecule has 0 amide bonds. The Kier molecular flexibility index (Phi) is 4.55. The Morgan fingerprint density at radius 2 is 1.32 bits per heavy atom. The SMILES string of the molecule is COC(=O)c1ccc(C(c2c[nH]c3cc(F)ccc23)c2c[nH]c3cc(F)ccc23)cc1. The Balaban J connectivity index is 1.73. The molecule has 3 aromatic carbocycles. The van der Waals surface area contributed by atoms with Crippen LogP contribution in [-0.4, -0.2) is 23.0 Å². The van der Waals surface area contributed by atoms with E-state index in [0.29, 0.717) is 16.6 Å². The van der Waals surface area contributed by atoms with Crippen molar-refractivity contribution in [1.29, 1.82) is 0 Å². The fourth-order valence-electron chi connectivity index (χ4n) is 4.18. The van der Waals surface area contributed by atoms with E-state index in [0.717, 1.165) is 27.5 Å². The Morgan fingerprint density at radius 1 is 0.806 bits per heavy atom. The topological polar surface area (TPSA) is 57.9 Å². The number of esters is 1. The molecule has 2 N–H and O–H groups in total. The van der Waals surface area contributed by atoms with Gasteiger partial charge in [0.25, 0.3) is 0 Å². The van der Waals surface area contributed by atoms with Crippen LogP contribution in [0.5, 0.6) is 0 Å². The fraction of sp³-hybridized carbons (Fsp3) is 0.0800. The molecule has 5 aromatic rings. The van der Waals surface area contributed by atoms with E-state index in [-0.39, 0.29) is 17.6 Å². The van der Waals surface area contributed by atoms with Gasteiger partial charge in [0.2, 0.25) is 0 Å². The molecule has 4 nitrogen and oxygen atoms in total. The predicted octanol–water partition coefficient (Wildman–Crippen LogP) is 5.89. The number of methoxy groups -OCH3 is 1. The van der Waals surface area contributed by atoms with E-state index in [1.54, 1.807) is 24.3 Å². The van der Waals surface area contributed by atoms with Crippen LogP contribution in [0, 0.1) is 11.6 Å². The van der Waals surface area contributed by atoms with Crippen molar-refractivity contribution in [1.82, 2.24) is 9.97 Å². The molecular formula is C25H18F2N2O2. The third-order valence-electron chi connectivity index (χ3n) is 5.64. The van der Waals surface area contributed by atoms with Gasteiger partial charge in [0, 0.05) is 40.1 Å². The highest BCUT2D eigenvalue weighted by Crippen LogP contribution is 2.39. The molecule has 31 heavy (non-hydrogen) atoms. The first-order valence-corrected chi connectivity index (χ1v) is 9.76. The van der Waals surface area contributed by atoms with E-state index in [1.807, 2.05) is 24.5 Å². The highest BCUT2D eigenvalue weighted by Gasteiger charge is 2.24. The van der Waals surface area contributed by atoms with Gasteiger partial charge in [-0.15, -0.1) is 0 Å². The van der Waals surface area contributed by atoms with Crippen LogP contribution in [0.15, 0.2) is 73.1 Å². The number of hydrogen-bond acceptors (Lipinski definition) is 2. The summed E-state index contributed by atoms with van der Waals surface area (Å²) in [7, 11) is 1.34. The maximum absolute atomic E-state index is 13.7. The minimum atomic E-state index is -0.409. The largest absolute Gasteiger partial charge is 0.465 e. The number of fused-ring (bicyclic) bond motifs is 2. The molecule has 0 saturated heterocycles. The third kappa shape index (κ3) is 3.26.